The Balaban J connectivity index is 1.37. The second-order valence-corrected chi connectivity index (χ2v) is 6.60. The third kappa shape index (κ3) is 4.59. The number of rotatable bonds is 7. The first-order valence-corrected chi connectivity index (χ1v) is 9.32. The first kappa shape index (κ1) is 20.7. The summed E-state index contributed by atoms with van der Waals surface area (Å²) in [5, 5.41) is 18.7. The van der Waals surface area contributed by atoms with Crippen molar-refractivity contribution in [1.82, 2.24) is 30.7 Å². The molecule has 0 spiro atoms. The summed E-state index contributed by atoms with van der Waals surface area (Å²) in [7, 11) is 0. The second-order valence-electron chi connectivity index (χ2n) is 6.60. The van der Waals surface area contributed by atoms with E-state index in [1.807, 2.05) is 0 Å². The highest BCUT2D eigenvalue weighted by Crippen LogP contribution is 2.16. The van der Waals surface area contributed by atoms with Crippen LogP contribution >= 0.6 is 0 Å². The molecule has 11 nitrogen and oxygen atoms in total. The molecule has 12 heteroatoms. The average molecular weight is 436 g/mol. The molecule has 162 valence electrons. The molecule has 3 N–H and O–H groups in total. The third-order valence-corrected chi connectivity index (χ3v) is 4.30. The minimum atomic E-state index is -0.568. The predicted octanol–water partition coefficient (Wildman–Crippen LogP) is 2.02. The first-order valence-electron chi connectivity index (χ1n) is 9.32. The Bertz CT molecular complexity index is 1270. The summed E-state index contributed by atoms with van der Waals surface area (Å²) < 4.78 is 24.5. The van der Waals surface area contributed by atoms with Crippen molar-refractivity contribution in [3.05, 3.63) is 76.9 Å². The lowest BCUT2D eigenvalue weighted by Gasteiger charge is -2.06. The first-order chi connectivity index (χ1) is 15.5. The van der Waals surface area contributed by atoms with Gasteiger partial charge in [0, 0.05) is 0 Å². The van der Waals surface area contributed by atoms with Crippen molar-refractivity contribution in [3.63, 3.8) is 0 Å². The standard InChI is InChI=1S/C20H17FN8O3/c1-12-17(29(28-24-12)19-18(22)26-32-27-19)20(30)25-23-10-13-5-7-16(8-6-13)31-11-14-3-2-4-15(21)9-14/h2-10H,11H2,1H3,(H2,22,26)(H,25,30)/b23-10-. The number of nitrogens with two attached hydrogens (primary N) is 1. The topological polar surface area (TPSA) is 146 Å². The summed E-state index contributed by atoms with van der Waals surface area (Å²) in [5.41, 5.74) is 9.94. The summed E-state index contributed by atoms with van der Waals surface area (Å²) in [6, 6.07) is 13.2. The lowest BCUT2D eigenvalue weighted by Crippen LogP contribution is -2.22. The SMILES string of the molecule is Cc1nnn(-c2nonc2N)c1C(=O)N/N=C\c1ccc(OCc2cccc(F)c2)cc1. The van der Waals surface area contributed by atoms with Gasteiger partial charge in [0.1, 0.15) is 18.2 Å². The van der Waals surface area contributed by atoms with E-state index < -0.39 is 5.91 Å². The Labute approximate surface area is 180 Å². The number of carbonyl (C=O) groups is 1. The summed E-state index contributed by atoms with van der Waals surface area (Å²) in [4.78, 5) is 12.6. The molecule has 4 rings (SSSR count). The van der Waals surface area contributed by atoms with Gasteiger partial charge in [-0.25, -0.2) is 14.4 Å². The van der Waals surface area contributed by atoms with Crippen LogP contribution in [0.25, 0.3) is 5.82 Å². The molecule has 0 aliphatic rings. The highest BCUT2D eigenvalue weighted by Gasteiger charge is 2.22. The summed E-state index contributed by atoms with van der Waals surface area (Å²) in [6.07, 6.45) is 1.46. The number of nitrogens with zero attached hydrogens (tertiary/aromatic N) is 6. The number of hydrogen-bond acceptors (Lipinski definition) is 9. The van der Waals surface area contributed by atoms with Crippen molar-refractivity contribution in [1.29, 1.82) is 0 Å². The van der Waals surface area contributed by atoms with Crippen molar-refractivity contribution in [3.8, 4) is 11.6 Å². The average Bonchev–Trinajstić information content (AvgIpc) is 3.38. The number of ether oxygens (including phenoxy) is 1. The van der Waals surface area contributed by atoms with Crippen molar-refractivity contribution in [2.24, 2.45) is 5.10 Å². The number of carbonyl (C=O) groups excluding carboxylic acids is 1. The van der Waals surface area contributed by atoms with Gasteiger partial charge >= 0.3 is 0 Å². The van der Waals surface area contributed by atoms with E-state index in [4.69, 9.17) is 10.5 Å². The summed E-state index contributed by atoms with van der Waals surface area (Å²) in [6.45, 7) is 1.85. The van der Waals surface area contributed by atoms with Crippen LogP contribution in [0.4, 0.5) is 10.2 Å². The Morgan fingerprint density at radius 3 is 2.81 bits per heavy atom. The fourth-order valence-electron chi connectivity index (χ4n) is 2.77. The molecule has 4 aromatic rings. The van der Waals surface area contributed by atoms with E-state index in [0.29, 0.717) is 11.4 Å². The second kappa shape index (κ2) is 9.04. The minimum absolute atomic E-state index is 0.0350. The van der Waals surface area contributed by atoms with E-state index in [9.17, 15) is 9.18 Å². The monoisotopic (exact) mass is 436 g/mol. The normalized spacial score (nSPS) is 11.1. The van der Waals surface area contributed by atoms with Gasteiger partial charge in [0.2, 0.25) is 11.6 Å². The van der Waals surface area contributed by atoms with E-state index in [1.165, 1.54) is 18.3 Å². The number of aromatic nitrogens is 5. The number of anilines is 1. The fourth-order valence-corrected chi connectivity index (χ4v) is 2.77. The van der Waals surface area contributed by atoms with Crippen LogP contribution < -0.4 is 15.9 Å². The number of hydrazone groups is 1. The van der Waals surface area contributed by atoms with E-state index >= 15 is 0 Å². The summed E-state index contributed by atoms with van der Waals surface area (Å²) in [5.74, 6) is -0.253. The molecule has 32 heavy (non-hydrogen) atoms. The smallest absolute Gasteiger partial charge is 0.292 e. The molecule has 2 heterocycles. The van der Waals surface area contributed by atoms with Crippen molar-refractivity contribution in [2.45, 2.75) is 13.5 Å². The van der Waals surface area contributed by atoms with Gasteiger partial charge in [-0.2, -0.15) is 9.78 Å². The maximum atomic E-state index is 13.2. The van der Waals surface area contributed by atoms with Crippen molar-refractivity contribution < 1.29 is 18.6 Å². The molecule has 0 fully saturated rings. The molecule has 2 aromatic heterocycles. The van der Waals surface area contributed by atoms with Gasteiger partial charge in [-0.05, 0) is 64.8 Å². The van der Waals surface area contributed by atoms with Crippen LogP contribution in [0.1, 0.15) is 27.3 Å². The highest BCUT2D eigenvalue weighted by atomic mass is 19.1. The van der Waals surface area contributed by atoms with Crippen molar-refractivity contribution in [2.75, 3.05) is 5.73 Å². The van der Waals surface area contributed by atoms with E-state index in [2.05, 4.69) is 35.8 Å². The molecule has 0 aliphatic heterocycles. The van der Waals surface area contributed by atoms with Gasteiger partial charge in [0.15, 0.2) is 5.69 Å². The van der Waals surface area contributed by atoms with Gasteiger partial charge in [-0.15, -0.1) is 5.10 Å². The molecule has 0 saturated heterocycles. The lowest BCUT2D eigenvalue weighted by molar-refractivity contribution is 0.0946. The van der Waals surface area contributed by atoms with Crippen LogP contribution in [0.15, 0.2) is 58.3 Å². The Morgan fingerprint density at radius 2 is 2.09 bits per heavy atom. The predicted molar refractivity (Wildman–Crippen MR) is 111 cm³/mol. The summed E-state index contributed by atoms with van der Waals surface area (Å²) >= 11 is 0. The number of nitrogen functional groups attached to an aromatic ring is 1. The van der Waals surface area contributed by atoms with Crippen LogP contribution in [-0.4, -0.2) is 37.4 Å². The zero-order valence-electron chi connectivity index (χ0n) is 16.8. The van der Waals surface area contributed by atoms with E-state index in [0.717, 1.165) is 15.8 Å². The van der Waals surface area contributed by atoms with Crippen LogP contribution in [-0.2, 0) is 6.61 Å². The number of benzene rings is 2. The number of halogens is 1. The zero-order chi connectivity index (χ0) is 22.5. The Kier molecular flexibility index (Phi) is 5.83. The van der Waals surface area contributed by atoms with E-state index in [1.54, 1.807) is 43.3 Å². The van der Waals surface area contributed by atoms with Crippen molar-refractivity contribution >= 4 is 17.9 Å². The number of aryl methyl sites for hydroxylation is 1. The lowest BCUT2D eigenvalue weighted by atomic mass is 10.2. The third-order valence-electron chi connectivity index (χ3n) is 4.30. The Hall–Kier alpha value is -4.61. The maximum Gasteiger partial charge on any atom is 0.292 e. The van der Waals surface area contributed by atoms with Gasteiger partial charge < -0.3 is 10.5 Å². The van der Waals surface area contributed by atoms with Gasteiger partial charge in [-0.3, -0.25) is 4.79 Å². The van der Waals surface area contributed by atoms with E-state index in [-0.39, 0.29) is 29.8 Å². The van der Waals surface area contributed by atoms with Gasteiger partial charge in [0.05, 0.1) is 11.9 Å². The molecule has 0 atom stereocenters. The largest absolute Gasteiger partial charge is 0.489 e. The highest BCUT2D eigenvalue weighted by molar-refractivity contribution is 5.94. The molecule has 2 aromatic carbocycles. The molecule has 0 aliphatic carbocycles. The molecular formula is C20H17FN8O3. The van der Waals surface area contributed by atoms with Crippen LogP contribution in [0, 0.1) is 12.7 Å². The molecule has 0 unspecified atom stereocenters. The minimum Gasteiger partial charge on any atom is -0.489 e. The molecule has 1 amide bonds. The quantitative estimate of drug-likeness (QED) is 0.330. The zero-order valence-corrected chi connectivity index (χ0v) is 16.8. The van der Waals surface area contributed by atoms with Gasteiger partial charge in [0.25, 0.3) is 5.91 Å². The molecule has 0 saturated carbocycles. The molecule has 0 bridgehead atoms. The Morgan fingerprint density at radius 1 is 1.28 bits per heavy atom. The molecular weight excluding hydrogens is 419 g/mol. The van der Waals surface area contributed by atoms with Crippen LogP contribution in [0.3, 0.4) is 0 Å². The van der Waals surface area contributed by atoms with Gasteiger partial charge in [-0.1, -0.05) is 17.3 Å². The maximum absolute atomic E-state index is 13.2. The number of hydrogen-bond donors (Lipinski definition) is 2. The molecule has 0 radical (unpaired) electrons. The van der Waals surface area contributed by atoms with Crippen LogP contribution in [0.5, 0.6) is 5.75 Å². The fraction of sp³-hybridized carbons (Fsp3) is 0.100. The number of amides is 1. The number of nitrogens with one attached hydrogen (secondary N) is 1. The van der Waals surface area contributed by atoms with Crippen LogP contribution in [0.2, 0.25) is 0 Å².